The number of benzene rings is 1. The van der Waals surface area contributed by atoms with Crippen molar-refractivity contribution in [1.82, 2.24) is 9.71 Å². The molecule has 3 aromatic rings. The minimum absolute atomic E-state index is 0.0230. The van der Waals surface area contributed by atoms with Gasteiger partial charge in [0, 0.05) is 47.1 Å². The van der Waals surface area contributed by atoms with Gasteiger partial charge in [-0.1, -0.05) is 32.9 Å². The molecule has 0 bridgehead atoms. The second-order valence-electron chi connectivity index (χ2n) is 8.98. The molecule has 8 heteroatoms. The Morgan fingerprint density at radius 2 is 1.74 bits per heavy atom. The predicted molar refractivity (Wildman–Crippen MR) is 131 cm³/mol. The van der Waals surface area contributed by atoms with Crippen LogP contribution in [0.3, 0.4) is 0 Å². The molecule has 0 spiro atoms. The Kier molecular flexibility index (Phi) is 6.53. The maximum Gasteiger partial charge on any atom is 0.250 e. The van der Waals surface area contributed by atoms with Crippen molar-refractivity contribution in [3.8, 4) is 10.6 Å². The number of piperidine rings is 1. The Morgan fingerprint density at radius 3 is 2.39 bits per heavy atom. The number of nitrogens with zero attached hydrogens (tertiary/aromatic N) is 2. The SMILES string of the molecule is CC(C)(C)c1csc(-c2csc(S(=O)(=O)NCc3ccc(N4CCCCC4)cc3)c2)n1. The van der Waals surface area contributed by atoms with Crippen LogP contribution >= 0.6 is 22.7 Å². The van der Waals surface area contributed by atoms with Gasteiger partial charge in [-0.2, -0.15) is 0 Å². The Bertz CT molecular complexity index is 1120. The number of sulfonamides is 1. The molecule has 0 unspecified atom stereocenters. The molecule has 0 saturated carbocycles. The molecule has 1 fully saturated rings. The average molecular weight is 476 g/mol. The molecule has 1 aliphatic rings. The van der Waals surface area contributed by atoms with E-state index in [0.717, 1.165) is 34.9 Å². The van der Waals surface area contributed by atoms with E-state index >= 15 is 0 Å². The summed E-state index contributed by atoms with van der Waals surface area (Å²) < 4.78 is 28.7. The van der Waals surface area contributed by atoms with Crippen molar-refractivity contribution in [2.24, 2.45) is 0 Å². The topological polar surface area (TPSA) is 62.3 Å². The minimum Gasteiger partial charge on any atom is -0.372 e. The van der Waals surface area contributed by atoms with E-state index in [-0.39, 0.29) is 12.0 Å². The van der Waals surface area contributed by atoms with Gasteiger partial charge in [-0.3, -0.25) is 0 Å². The number of thiazole rings is 1. The van der Waals surface area contributed by atoms with Crippen LogP contribution in [0.2, 0.25) is 0 Å². The molecule has 0 atom stereocenters. The zero-order chi connectivity index (χ0) is 22.1. The van der Waals surface area contributed by atoms with Crippen LogP contribution in [0.15, 0.2) is 45.3 Å². The molecule has 3 heterocycles. The van der Waals surface area contributed by atoms with E-state index in [2.05, 4.69) is 42.5 Å². The maximum atomic E-state index is 12.8. The first kappa shape index (κ1) is 22.5. The summed E-state index contributed by atoms with van der Waals surface area (Å²) in [5.41, 5.74) is 4.03. The summed E-state index contributed by atoms with van der Waals surface area (Å²) in [5.74, 6) is 0. The molecule has 4 rings (SSSR count). The normalized spacial score (nSPS) is 15.4. The lowest BCUT2D eigenvalue weighted by Gasteiger charge is -2.28. The first-order chi connectivity index (χ1) is 14.7. The van der Waals surface area contributed by atoms with Crippen LogP contribution in [0, 0.1) is 0 Å². The van der Waals surface area contributed by atoms with Crippen molar-refractivity contribution in [1.29, 1.82) is 0 Å². The summed E-state index contributed by atoms with van der Waals surface area (Å²) in [7, 11) is -3.56. The number of anilines is 1. The van der Waals surface area contributed by atoms with Crippen LogP contribution in [0.1, 0.15) is 51.3 Å². The summed E-state index contributed by atoms with van der Waals surface area (Å²) in [6.07, 6.45) is 3.78. The molecule has 1 aliphatic heterocycles. The van der Waals surface area contributed by atoms with Gasteiger partial charge in [-0.05, 0) is 43.0 Å². The fourth-order valence-electron chi connectivity index (χ4n) is 3.55. The highest BCUT2D eigenvalue weighted by Gasteiger charge is 2.21. The largest absolute Gasteiger partial charge is 0.372 e. The van der Waals surface area contributed by atoms with Crippen molar-refractivity contribution in [2.45, 2.75) is 56.2 Å². The molecule has 0 amide bonds. The van der Waals surface area contributed by atoms with Crippen molar-refractivity contribution in [3.05, 3.63) is 52.3 Å². The van der Waals surface area contributed by atoms with Gasteiger partial charge in [0.15, 0.2) is 0 Å². The zero-order valence-electron chi connectivity index (χ0n) is 18.2. The lowest BCUT2D eigenvalue weighted by atomic mass is 9.93. The van der Waals surface area contributed by atoms with Gasteiger partial charge in [0.05, 0.1) is 5.69 Å². The molecule has 5 nitrogen and oxygen atoms in total. The van der Waals surface area contributed by atoms with Crippen LogP contribution < -0.4 is 9.62 Å². The van der Waals surface area contributed by atoms with Gasteiger partial charge in [0.25, 0.3) is 0 Å². The third-order valence-corrected chi connectivity index (χ3v) is 9.22. The van der Waals surface area contributed by atoms with E-state index < -0.39 is 10.0 Å². The number of aromatic nitrogens is 1. The monoisotopic (exact) mass is 475 g/mol. The van der Waals surface area contributed by atoms with Gasteiger partial charge in [0.1, 0.15) is 9.22 Å². The highest BCUT2D eigenvalue weighted by Crippen LogP contribution is 2.33. The number of hydrogen-bond donors (Lipinski definition) is 1. The van der Waals surface area contributed by atoms with Crippen LogP contribution in [0.4, 0.5) is 5.69 Å². The van der Waals surface area contributed by atoms with E-state index in [1.54, 1.807) is 17.4 Å². The van der Waals surface area contributed by atoms with Gasteiger partial charge < -0.3 is 4.90 Å². The van der Waals surface area contributed by atoms with E-state index in [4.69, 9.17) is 4.98 Å². The molecular weight excluding hydrogens is 446 g/mol. The first-order valence-corrected chi connectivity index (χ1v) is 13.9. The number of thiophene rings is 1. The summed E-state index contributed by atoms with van der Waals surface area (Å²) in [6, 6.07) is 9.92. The molecule has 0 aliphatic carbocycles. The molecule has 0 radical (unpaired) electrons. The van der Waals surface area contributed by atoms with E-state index in [1.165, 1.54) is 36.3 Å². The maximum absolute atomic E-state index is 12.8. The van der Waals surface area contributed by atoms with Crippen LogP contribution in [-0.2, 0) is 22.0 Å². The summed E-state index contributed by atoms with van der Waals surface area (Å²) in [5, 5.41) is 4.77. The minimum atomic E-state index is -3.56. The van der Waals surface area contributed by atoms with Crippen LogP contribution in [-0.4, -0.2) is 26.5 Å². The Balaban J connectivity index is 1.41. The van der Waals surface area contributed by atoms with Crippen molar-refractivity contribution in [2.75, 3.05) is 18.0 Å². The molecular formula is C23H29N3O2S3. The predicted octanol–water partition coefficient (Wildman–Crippen LogP) is 5.64. The average Bonchev–Trinajstić information content (AvgIpc) is 3.43. The van der Waals surface area contributed by atoms with Crippen molar-refractivity contribution < 1.29 is 8.42 Å². The molecule has 1 aromatic carbocycles. The number of nitrogens with one attached hydrogen (secondary N) is 1. The smallest absolute Gasteiger partial charge is 0.250 e. The summed E-state index contributed by atoms with van der Waals surface area (Å²) in [6.45, 7) is 8.85. The van der Waals surface area contributed by atoms with E-state index in [1.807, 2.05) is 22.9 Å². The molecule has 2 aromatic heterocycles. The second kappa shape index (κ2) is 9.02. The molecule has 166 valence electrons. The third-order valence-electron chi connectivity index (χ3n) is 5.48. The van der Waals surface area contributed by atoms with Gasteiger partial charge in [-0.25, -0.2) is 18.1 Å². The van der Waals surface area contributed by atoms with Crippen LogP contribution in [0.25, 0.3) is 10.6 Å². The standard InChI is InChI=1S/C23H29N3O2S3/c1-23(2,3)20-16-30-22(25-20)18-13-21(29-15-18)31(27,28)24-14-17-7-9-19(10-8-17)26-11-5-4-6-12-26/h7-10,13,15-16,24H,4-6,11-12,14H2,1-3H3. The van der Waals surface area contributed by atoms with Crippen LogP contribution in [0.5, 0.6) is 0 Å². The molecule has 31 heavy (non-hydrogen) atoms. The lowest BCUT2D eigenvalue weighted by molar-refractivity contribution is 0.573. The molecule has 1 N–H and O–H groups in total. The van der Waals surface area contributed by atoms with Gasteiger partial charge in [0.2, 0.25) is 10.0 Å². The Hall–Kier alpha value is -1.74. The highest BCUT2D eigenvalue weighted by molar-refractivity contribution is 7.91. The third kappa shape index (κ3) is 5.37. The second-order valence-corrected chi connectivity index (χ2v) is 12.7. The van der Waals surface area contributed by atoms with Crippen molar-refractivity contribution >= 4 is 38.4 Å². The van der Waals surface area contributed by atoms with Crippen molar-refractivity contribution in [3.63, 3.8) is 0 Å². The number of hydrogen-bond acceptors (Lipinski definition) is 6. The van der Waals surface area contributed by atoms with E-state index in [9.17, 15) is 8.42 Å². The Labute approximate surface area is 193 Å². The lowest BCUT2D eigenvalue weighted by Crippen LogP contribution is -2.29. The Morgan fingerprint density at radius 1 is 1.03 bits per heavy atom. The first-order valence-electron chi connectivity index (χ1n) is 10.6. The molecule has 1 saturated heterocycles. The zero-order valence-corrected chi connectivity index (χ0v) is 20.7. The fraction of sp³-hybridized carbons (Fsp3) is 0.435. The quantitative estimate of drug-likeness (QED) is 0.501. The fourth-order valence-corrected chi connectivity index (χ4v) is 6.88. The van der Waals surface area contributed by atoms with Gasteiger partial charge >= 0.3 is 0 Å². The summed E-state index contributed by atoms with van der Waals surface area (Å²) in [4.78, 5) is 7.09. The highest BCUT2D eigenvalue weighted by atomic mass is 32.2. The number of rotatable bonds is 6. The summed E-state index contributed by atoms with van der Waals surface area (Å²) >= 11 is 2.79. The van der Waals surface area contributed by atoms with E-state index in [0.29, 0.717) is 4.21 Å². The van der Waals surface area contributed by atoms with Gasteiger partial charge in [-0.15, -0.1) is 22.7 Å².